The molecule has 1 aromatic rings. The lowest BCUT2D eigenvalue weighted by Crippen LogP contribution is -2.60. The van der Waals surface area contributed by atoms with Crippen LogP contribution in [0.4, 0.5) is 0 Å². The molecule has 1 heterocycles. The minimum Gasteiger partial charge on any atom is -0.480 e. The summed E-state index contributed by atoms with van der Waals surface area (Å²) in [5, 5.41) is 69.3. The number of aryl methyl sites for hydroxylation is 1. The number of carboxylic acids is 2. The van der Waals surface area contributed by atoms with Crippen molar-refractivity contribution in [1.82, 2.24) is 62.7 Å². The number of hydrogen-bond acceptors (Lipinski definition) is 19. The van der Waals surface area contributed by atoms with Gasteiger partial charge in [0, 0.05) is 25.8 Å². The zero-order chi connectivity index (χ0) is 61.6. The van der Waals surface area contributed by atoms with E-state index in [1.54, 1.807) is 0 Å². The van der Waals surface area contributed by atoms with E-state index in [2.05, 4.69) is 57.8 Å². The van der Waals surface area contributed by atoms with Gasteiger partial charge in [-0.3, -0.25) is 57.6 Å². The van der Waals surface area contributed by atoms with Crippen molar-refractivity contribution in [3.8, 4) is 0 Å². The Morgan fingerprint density at radius 3 is 1.59 bits per heavy atom. The molecule has 30 heteroatoms. The molecule has 0 spiro atoms. The third-order valence-corrected chi connectivity index (χ3v) is 13.0. The van der Waals surface area contributed by atoms with E-state index in [0.29, 0.717) is 25.8 Å². The second kappa shape index (κ2) is 46.7. The van der Waals surface area contributed by atoms with Gasteiger partial charge in [-0.1, -0.05) is 95.6 Å². The number of primary amides is 1. The first-order valence-corrected chi connectivity index (χ1v) is 28.9. The Morgan fingerprint density at radius 1 is 0.554 bits per heavy atom. The number of hydrogen-bond donors (Lipinski definition) is 13. The summed E-state index contributed by atoms with van der Waals surface area (Å²) >= 11 is 0. The number of rotatable bonds is 53. The highest BCUT2D eigenvalue weighted by molar-refractivity contribution is 5.97. The molecule has 0 aromatic carbocycles. The molecule has 0 unspecified atom stereocenters. The highest BCUT2D eigenvalue weighted by atomic mass is 16.5. The van der Waals surface area contributed by atoms with Gasteiger partial charge < -0.3 is 72.9 Å². The lowest BCUT2D eigenvalue weighted by Gasteiger charge is -2.26. The predicted octanol–water partition coefficient (Wildman–Crippen LogP) is -1.44. The van der Waals surface area contributed by atoms with Gasteiger partial charge in [-0.05, 0) is 58.4 Å². The van der Waals surface area contributed by atoms with E-state index in [1.165, 1.54) is 64.7 Å². The van der Waals surface area contributed by atoms with Crippen LogP contribution in [0.15, 0.2) is 0 Å². The topological polar surface area (TPSA) is 455 Å². The molecule has 83 heavy (non-hydrogen) atoms. The number of nitrogens with one attached hydrogen (secondary N) is 8. The summed E-state index contributed by atoms with van der Waals surface area (Å²) < 4.78 is 10.7. The average Bonchev–Trinajstić information content (AvgIpc) is 3.97. The number of Topliss-reactive ketones (excluding diaryl/α,β-unsaturated/α-hetero) is 1. The van der Waals surface area contributed by atoms with Crippen LogP contribution in [0.25, 0.3) is 0 Å². The summed E-state index contributed by atoms with van der Waals surface area (Å²) in [7, 11) is 0. The fourth-order valence-electron chi connectivity index (χ4n) is 8.38. The summed E-state index contributed by atoms with van der Waals surface area (Å²) in [6.45, 7) is -0.475. The number of carbonyl (C=O) groups is 11. The quantitative estimate of drug-likeness (QED) is 0.0332. The first-order valence-electron chi connectivity index (χ1n) is 28.9. The molecule has 0 radical (unpaired) electrons. The molecule has 0 bridgehead atoms. The maximum Gasteiger partial charge on any atom is 0.317 e. The molecule has 0 aliphatic carbocycles. The highest BCUT2D eigenvalue weighted by Crippen LogP contribution is 2.14. The van der Waals surface area contributed by atoms with E-state index in [0.717, 1.165) is 42.8 Å². The van der Waals surface area contributed by atoms with Crippen LogP contribution in [-0.4, -0.2) is 214 Å². The maximum atomic E-state index is 13.6. The number of nitrogens with two attached hydrogens (primary N) is 1. The number of unbranched alkanes of at least 4 members (excludes halogenated alkanes) is 14. The molecule has 472 valence electrons. The van der Waals surface area contributed by atoms with Crippen molar-refractivity contribution < 1.29 is 82.6 Å². The van der Waals surface area contributed by atoms with Gasteiger partial charge in [0.25, 0.3) is 0 Å². The third-order valence-electron chi connectivity index (χ3n) is 13.0. The molecular formula is C53H93N13O17. The van der Waals surface area contributed by atoms with Gasteiger partial charge in [0.1, 0.15) is 30.8 Å². The molecule has 30 nitrogen and oxygen atoms in total. The van der Waals surface area contributed by atoms with Crippen molar-refractivity contribution >= 4 is 65.0 Å². The molecule has 0 aliphatic rings. The monoisotopic (exact) mass is 1180 g/mol. The van der Waals surface area contributed by atoms with Gasteiger partial charge in [-0.2, -0.15) is 5.21 Å². The molecule has 5 atom stereocenters. The predicted molar refractivity (Wildman–Crippen MR) is 298 cm³/mol. The number of tetrazole rings is 1. The zero-order valence-electron chi connectivity index (χ0n) is 48.4. The Labute approximate surface area is 484 Å². The average molecular weight is 1180 g/mol. The highest BCUT2D eigenvalue weighted by Gasteiger charge is 2.32. The van der Waals surface area contributed by atoms with Gasteiger partial charge in [-0.15, -0.1) is 10.2 Å². The number of H-pyrrole nitrogens is 1. The van der Waals surface area contributed by atoms with Crippen molar-refractivity contribution in [3.05, 3.63) is 5.82 Å². The lowest BCUT2D eigenvalue weighted by atomic mass is 10.0. The molecule has 8 amide bonds. The smallest absolute Gasteiger partial charge is 0.317 e. The molecule has 1 rings (SSSR count). The normalized spacial score (nSPS) is 12.9. The Kier molecular flexibility index (Phi) is 41.8. The Morgan fingerprint density at radius 2 is 1.06 bits per heavy atom. The largest absolute Gasteiger partial charge is 0.480 e. The number of aromatic amines is 1. The summed E-state index contributed by atoms with van der Waals surface area (Å²) in [5.74, 6) is -8.85. The molecule has 1 aromatic heterocycles. The van der Waals surface area contributed by atoms with E-state index >= 15 is 0 Å². The number of nitrogens with zero attached hydrogens (tertiary/aromatic N) is 4. The van der Waals surface area contributed by atoms with E-state index in [4.69, 9.17) is 15.2 Å². The number of aliphatic hydroxyl groups excluding tert-OH is 2. The Bertz CT molecular complexity index is 2070. The van der Waals surface area contributed by atoms with Crippen LogP contribution < -0.4 is 43.0 Å². The van der Waals surface area contributed by atoms with Crippen molar-refractivity contribution in [2.75, 3.05) is 72.4 Å². The van der Waals surface area contributed by atoms with Gasteiger partial charge in [0.2, 0.25) is 47.3 Å². The van der Waals surface area contributed by atoms with Crippen LogP contribution in [0, 0.1) is 0 Å². The summed E-state index contributed by atoms with van der Waals surface area (Å²) in [4.78, 5) is 139. The number of aromatic nitrogens is 4. The number of ether oxygens (including phenoxy) is 2. The van der Waals surface area contributed by atoms with E-state index in [9.17, 15) is 73.2 Å². The number of carbonyl (C=O) groups excluding carboxylic acids is 9. The molecule has 0 aliphatic heterocycles. The van der Waals surface area contributed by atoms with E-state index in [1.807, 2.05) is 6.92 Å². The minimum absolute atomic E-state index is 0.00641. The second-order valence-electron chi connectivity index (χ2n) is 20.2. The first-order chi connectivity index (χ1) is 39.8. The van der Waals surface area contributed by atoms with Crippen molar-refractivity contribution in [2.45, 2.75) is 192 Å². The van der Waals surface area contributed by atoms with Gasteiger partial charge in [0.15, 0.2) is 11.6 Å². The number of aliphatic hydroxyl groups is 2. The number of aliphatic carboxylic acids is 2. The second-order valence-corrected chi connectivity index (χ2v) is 20.2. The van der Waals surface area contributed by atoms with Gasteiger partial charge >= 0.3 is 11.9 Å². The van der Waals surface area contributed by atoms with E-state index in [-0.39, 0.29) is 63.7 Å². The van der Waals surface area contributed by atoms with Crippen molar-refractivity contribution in [3.63, 3.8) is 0 Å². The van der Waals surface area contributed by atoms with Gasteiger partial charge in [-0.25, -0.2) is 0 Å². The fourth-order valence-corrected chi connectivity index (χ4v) is 8.38. The number of ketones is 1. The molecule has 14 N–H and O–H groups in total. The third kappa shape index (κ3) is 38.6. The van der Waals surface area contributed by atoms with Crippen LogP contribution in [0.3, 0.4) is 0 Å². The summed E-state index contributed by atoms with van der Waals surface area (Å²) in [6, 6.07) is -7.43. The van der Waals surface area contributed by atoms with E-state index < -0.39 is 136 Å². The molecular weight excluding hydrogens is 1090 g/mol. The van der Waals surface area contributed by atoms with Crippen LogP contribution in [0.2, 0.25) is 0 Å². The van der Waals surface area contributed by atoms with Gasteiger partial charge in [0.05, 0.1) is 58.7 Å². The summed E-state index contributed by atoms with van der Waals surface area (Å²) in [6.07, 6.45) is 17.3. The van der Waals surface area contributed by atoms with Crippen LogP contribution in [-0.2, 0) is 68.6 Å². The SMILES string of the molecule is CCCC[C@H](NC(=O)[C@H](CCCCN(CC(=O)O)CC(=O)O)NC(=O)[C@H](CO)NC(=O)[C@H](CCC(N)=O)NC(=O)[C@H](CO)NC(=O)CNC(=O)COCCOCCNC(=O)CCCCCCCCCCCCCCCc1nn[nH]n1)C(C)=O. The van der Waals surface area contributed by atoms with Crippen LogP contribution >= 0.6 is 0 Å². The Balaban J connectivity index is 2.51. The standard InChI is InChI=1S/C53H93N13O17/c1-3-4-20-38(37(2)69)58-50(78)39(21-18-19-27-66(32-48(74)75)33-49(76)77)59-53(81)42(35-68)61-51(79)40(24-25-43(54)70)60-52(80)41(34-67)57-46(72)31-56-47(73)36-83-30-29-82-28-26-55-45(71)23-17-15-13-11-9-7-5-6-8-10-12-14-16-22-44-62-64-65-63-44/h38-42,67-68H,3-36H2,1-2H3,(H2,54,70)(H,55,71)(H,56,73)(H,57,72)(H,58,78)(H,59,81)(H,60,80)(H,61,79)(H,74,75)(H,76,77)(H,62,63,64,65)/t38-,39-,40-,41-,42-/m0/s1. The molecule has 0 saturated heterocycles. The summed E-state index contributed by atoms with van der Waals surface area (Å²) in [5.41, 5.74) is 5.29. The van der Waals surface area contributed by atoms with Crippen molar-refractivity contribution in [1.29, 1.82) is 0 Å². The fraction of sp³-hybridized carbons (Fsp3) is 0.774. The Hall–Kier alpha value is -6.76. The molecule has 0 fully saturated rings. The zero-order valence-corrected chi connectivity index (χ0v) is 48.4. The maximum absolute atomic E-state index is 13.6. The van der Waals surface area contributed by atoms with Crippen LogP contribution in [0.1, 0.15) is 161 Å². The minimum atomic E-state index is -1.78. The molecule has 0 saturated carbocycles. The van der Waals surface area contributed by atoms with Crippen LogP contribution in [0.5, 0.6) is 0 Å². The van der Waals surface area contributed by atoms with Crippen molar-refractivity contribution in [2.24, 2.45) is 5.73 Å². The lowest BCUT2D eigenvalue weighted by molar-refractivity contribution is -0.142. The first kappa shape index (κ1) is 74.3. The number of carboxylic acid groups (broad SMARTS) is 2. The number of amides is 8.